The molecule has 1 N–H and O–H groups in total. The smallest absolute Gasteiger partial charge is 0.248 e. The van der Waals surface area contributed by atoms with E-state index in [1.165, 1.54) is 6.08 Å². The third-order valence-corrected chi connectivity index (χ3v) is 3.85. The SMILES string of the molecule is O=C(/C=C/c1cnc2ccccc2c1)Nc1ccc2c(c1)OCCO2. The van der Waals surface area contributed by atoms with Crippen LogP contribution in [-0.4, -0.2) is 24.1 Å². The quantitative estimate of drug-likeness (QED) is 0.744. The van der Waals surface area contributed by atoms with Gasteiger partial charge >= 0.3 is 0 Å². The number of carbonyl (C=O) groups excluding carboxylic acids is 1. The second-order valence-corrected chi connectivity index (χ2v) is 5.64. The van der Waals surface area contributed by atoms with Gasteiger partial charge in [-0.05, 0) is 35.9 Å². The van der Waals surface area contributed by atoms with E-state index in [-0.39, 0.29) is 5.91 Å². The number of hydrogen-bond acceptors (Lipinski definition) is 4. The minimum atomic E-state index is -0.218. The van der Waals surface area contributed by atoms with E-state index in [0.717, 1.165) is 16.5 Å². The molecule has 0 fully saturated rings. The van der Waals surface area contributed by atoms with E-state index in [0.29, 0.717) is 30.4 Å². The molecule has 1 aromatic heterocycles. The average Bonchev–Trinajstić information content (AvgIpc) is 2.66. The molecular formula is C20H16N2O3. The Kier molecular flexibility index (Phi) is 4.04. The number of nitrogens with one attached hydrogen (secondary N) is 1. The third-order valence-electron chi connectivity index (χ3n) is 3.85. The molecule has 1 amide bonds. The molecule has 5 nitrogen and oxygen atoms in total. The fourth-order valence-corrected chi connectivity index (χ4v) is 2.66. The summed E-state index contributed by atoms with van der Waals surface area (Å²) in [6.45, 7) is 1.06. The van der Waals surface area contributed by atoms with Crippen LogP contribution in [0.4, 0.5) is 5.69 Å². The molecule has 0 radical (unpaired) electrons. The summed E-state index contributed by atoms with van der Waals surface area (Å²) in [5.41, 5.74) is 2.46. The minimum Gasteiger partial charge on any atom is -0.486 e. The van der Waals surface area contributed by atoms with E-state index in [1.54, 1.807) is 30.5 Å². The molecule has 0 aliphatic carbocycles. The van der Waals surface area contributed by atoms with Crippen molar-refractivity contribution in [3.8, 4) is 11.5 Å². The number of aromatic nitrogens is 1. The van der Waals surface area contributed by atoms with Crippen molar-refractivity contribution in [2.24, 2.45) is 0 Å². The van der Waals surface area contributed by atoms with Crippen LogP contribution in [0.1, 0.15) is 5.56 Å². The highest BCUT2D eigenvalue weighted by Crippen LogP contribution is 2.32. The van der Waals surface area contributed by atoms with Gasteiger partial charge < -0.3 is 14.8 Å². The van der Waals surface area contributed by atoms with Crippen molar-refractivity contribution in [1.29, 1.82) is 0 Å². The van der Waals surface area contributed by atoms with E-state index >= 15 is 0 Å². The normalized spacial score (nSPS) is 13.1. The van der Waals surface area contributed by atoms with Gasteiger partial charge in [0.1, 0.15) is 13.2 Å². The van der Waals surface area contributed by atoms with Crippen molar-refractivity contribution >= 4 is 28.6 Å². The highest BCUT2D eigenvalue weighted by Gasteiger charge is 2.12. The Morgan fingerprint density at radius 2 is 1.88 bits per heavy atom. The van der Waals surface area contributed by atoms with Crippen LogP contribution in [-0.2, 0) is 4.79 Å². The van der Waals surface area contributed by atoms with Gasteiger partial charge in [-0.2, -0.15) is 0 Å². The molecule has 4 rings (SSSR count). The van der Waals surface area contributed by atoms with Crippen LogP contribution in [0.2, 0.25) is 0 Å². The van der Waals surface area contributed by atoms with Gasteiger partial charge in [0.15, 0.2) is 11.5 Å². The molecule has 2 aromatic carbocycles. The summed E-state index contributed by atoms with van der Waals surface area (Å²) >= 11 is 0. The molecule has 1 aliphatic heterocycles. The van der Waals surface area contributed by atoms with Crippen molar-refractivity contribution in [3.63, 3.8) is 0 Å². The summed E-state index contributed by atoms with van der Waals surface area (Å²) in [7, 11) is 0. The Morgan fingerprint density at radius 3 is 2.80 bits per heavy atom. The zero-order valence-corrected chi connectivity index (χ0v) is 13.4. The van der Waals surface area contributed by atoms with Crippen LogP contribution in [0.3, 0.4) is 0 Å². The topological polar surface area (TPSA) is 60.5 Å². The number of pyridine rings is 1. The summed E-state index contributed by atoms with van der Waals surface area (Å²) in [4.78, 5) is 16.5. The number of hydrogen-bond donors (Lipinski definition) is 1. The van der Waals surface area contributed by atoms with E-state index in [2.05, 4.69) is 10.3 Å². The second-order valence-electron chi connectivity index (χ2n) is 5.64. The fraction of sp³-hybridized carbons (Fsp3) is 0.100. The van der Waals surface area contributed by atoms with Crippen molar-refractivity contribution < 1.29 is 14.3 Å². The maximum absolute atomic E-state index is 12.1. The van der Waals surface area contributed by atoms with Gasteiger partial charge in [-0.25, -0.2) is 0 Å². The lowest BCUT2D eigenvalue weighted by Gasteiger charge is -2.18. The van der Waals surface area contributed by atoms with Crippen molar-refractivity contribution in [2.75, 3.05) is 18.5 Å². The fourth-order valence-electron chi connectivity index (χ4n) is 2.66. The Morgan fingerprint density at radius 1 is 1.04 bits per heavy atom. The van der Waals surface area contributed by atoms with E-state index < -0.39 is 0 Å². The maximum atomic E-state index is 12.1. The number of fused-ring (bicyclic) bond motifs is 2. The molecule has 0 saturated heterocycles. The molecule has 0 spiro atoms. The van der Waals surface area contributed by atoms with Gasteiger partial charge in [0.25, 0.3) is 0 Å². The standard InChI is InChI=1S/C20H16N2O3/c23-20(22-16-6-7-18-19(12-16)25-10-9-24-18)8-5-14-11-15-3-1-2-4-17(15)21-13-14/h1-8,11-13H,9-10H2,(H,22,23)/b8-5+. The molecule has 5 heteroatoms. The van der Waals surface area contributed by atoms with E-state index in [4.69, 9.17) is 9.47 Å². The zero-order valence-electron chi connectivity index (χ0n) is 13.4. The molecule has 0 bridgehead atoms. The molecule has 2 heterocycles. The molecular weight excluding hydrogens is 316 g/mol. The monoisotopic (exact) mass is 332 g/mol. The van der Waals surface area contributed by atoms with Gasteiger partial charge in [0.2, 0.25) is 5.91 Å². The van der Waals surface area contributed by atoms with E-state index in [9.17, 15) is 4.79 Å². The number of anilines is 1. The zero-order chi connectivity index (χ0) is 17.1. The summed E-state index contributed by atoms with van der Waals surface area (Å²) in [6, 6.07) is 15.2. The number of para-hydroxylation sites is 1. The van der Waals surface area contributed by atoms with E-state index in [1.807, 2.05) is 30.3 Å². The first-order valence-electron chi connectivity index (χ1n) is 8.01. The first-order chi connectivity index (χ1) is 12.3. The van der Waals surface area contributed by atoms with Crippen molar-refractivity contribution in [1.82, 2.24) is 4.98 Å². The summed E-state index contributed by atoms with van der Waals surface area (Å²) in [5, 5.41) is 3.86. The minimum absolute atomic E-state index is 0.218. The Bertz CT molecular complexity index is 966. The number of nitrogens with zero attached hydrogens (tertiary/aromatic N) is 1. The first kappa shape index (κ1) is 15.2. The van der Waals surface area contributed by atoms with Gasteiger partial charge in [0.05, 0.1) is 5.52 Å². The number of ether oxygens (including phenoxy) is 2. The lowest BCUT2D eigenvalue weighted by atomic mass is 10.1. The number of carbonyl (C=O) groups is 1. The largest absolute Gasteiger partial charge is 0.486 e. The second kappa shape index (κ2) is 6.65. The highest BCUT2D eigenvalue weighted by atomic mass is 16.6. The molecule has 124 valence electrons. The molecule has 0 atom stereocenters. The van der Waals surface area contributed by atoms with Gasteiger partial charge in [-0.15, -0.1) is 0 Å². The molecule has 25 heavy (non-hydrogen) atoms. The van der Waals surface area contributed by atoms with Crippen LogP contribution in [0, 0.1) is 0 Å². The Hall–Kier alpha value is -3.34. The molecule has 0 unspecified atom stereocenters. The van der Waals surface area contributed by atoms with Crippen molar-refractivity contribution in [2.45, 2.75) is 0 Å². The Balaban J connectivity index is 1.46. The van der Waals surface area contributed by atoms with Gasteiger partial charge in [-0.3, -0.25) is 9.78 Å². The first-order valence-corrected chi connectivity index (χ1v) is 8.01. The van der Waals surface area contributed by atoms with Crippen LogP contribution < -0.4 is 14.8 Å². The molecule has 3 aromatic rings. The molecule has 0 saturated carbocycles. The predicted molar refractivity (Wildman–Crippen MR) is 96.8 cm³/mol. The highest BCUT2D eigenvalue weighted by molar-refractivity contribution is 6.02. The summed E-state index contributed by atoms with van der Waals surface area (Å²) < 4.78 is 11.0. The van der Waals surface area contributed by atoms with Crippen LogP contribution in [0.15, 0.2) is 60.8 Å². The lowest BCUT2D eigenvalue weighted by Crippen LogP contribution is -2.16. The third kappa shape index (κ3) is 3.45. The van der Waals surface area contributed by atoms with Crippen LogP contribution in [0.25, 0.3) is 17.0 Å². The van der Waals surface area contributed by atoms with Crippen LogP contribution in [0.5, 0.6) is 11.5 Å². The lowest BCUT2D eigenvalue weighted by molar-refractivity contribution is -0.111. The van der Waals surface area contributed by atoms with Gasteiger partial charge in [0, 0.05) is 29.4 Å². The van der Waals surface area contributed by atoms with Crippen molar-refractivity contribution in [3.05, 3.63) is 66.4 Å². The predicted octanol–water partition coefficient (Wildman–Crippen LogP) is 3.66. The average molecular weight is 332 g/mol. The Labute approximate surface area is 144 Å². The van der Waals surface area contributed by atoms with Gasteiger partial charge in [-0.1, -0.05) is 18.2 Å². The summed E-state index contributed by atoms with van der Waals surface area (Å²) in [5.74, 6) is 1.12. The summed E-state index contributed by atoms with van der Waals surface area (Å²) in [6.07, 6.45) is 4.98. The number of benzene rings is 2. The molecule has 1 aliphatic rings. The van der Waals surface area contributed by atoms with Crippen LogP contribution >= 0.6 is 0 Å². The maximum Gasteiger partial charge on any atom is 0.248 e. The number of rotatable bonds is 3. The number of amides is 1.